The van der Waals surface area contributed by atoms with E-state index in [1.807, 2.05) is 11.1 Å². The molecule has 4 heteroatoms. The number of hydrogen-bond donors (Lipinski definition) is 1. The van der Waals surface area contributed by atoms with E-state index in [-0.39, 0.29) is 6.04 Å². The van der Waals surface area contributed by atoms with Crippen LogP contribution < -0.4 is 5.43 Å². The molecule has 2 aromatic rings. The summed E-state index contributed by atoms with van der Waals surface area (Å²) >= 11 is 0. The molecular weight excluding hydrogens is 300 g/mol. The van der Waals surface area contributed by atoms with Crippen molar-refractivity contribution in [2.75, 3.05) is 13.7 Å². The van der Waals surface area contributed by atoms with Crippen LogP contribution in [0.5, 0.6) is 0 Å². The van der Waals surface area contributed by atoms with E-state index in [9.17, 15) is 4.79 Å². The average Bonchev–Trinajstić information content (AvgIpc) is 2.64. The third-order valence-electron chi connectivity index (χ3n) is 4.72. The zero-order chi connectivity index (χ0) is 16.8. The highest BCUT2D eigenvalue weighted by Crippen LogP contribution is 2.32. The van der Waals surface area contributed by atoms with Gasteiger partial charge < -0.3 is 4.74 Å². The molecule has 0 aliphatic carbocycles. The molecule has 3 rings (SSSR count). The number of amides is 1. The monoisotopic (exact) mass is 324 g/mol. The molecule has 2 aromatic carbocycles. The number of benzene rings is 2. The smallest absolute Gasteiger partial charge is 0.421 e. The van der Waals surface area contributed by atoms with Crippen molar-refractivity contribution in [2.45, 2.75) is 31.2 Å². The first kappa shape index (κ1) is 16.5. The van der Waals surface area contributed by atoms with Gasteiger partial charge in [0.2, 0.25) is 0 Å². The third-order valence-corrected chi connectivity index (χ3v) is 4.72. The van der Waals surface area contributed by atoms with Crippen molar-refractivity contribution in [1.82, 2.24) is 10.4 Å². The van der Waals surface area contributed by atoms with Gasteiger partial charge in [0.05, 0.1) is 7.11 Å². The summed E-state index contributed by atoms with van der Waals surface area (Å²) in [5.41, 5.74) is 5.55. The van der Waals surface area contributed by atoms with Gasteiger partial charge in [-0.2, -0.15) is 0 Å². The second-order valence-corrected chi connectivity index (χ2v) is 6.27. The van der Waals surface area contributed by atoms with Gasteiger partial charge >= 0.3 is 6.09 Å². The molecule has 24 heavy (non-hydrogen) atoms. The lowest BCUT2D eigenvalue weighted by Crippen LogP contribution is -2.53. The molecule has 1 amide bonds. The van der Waals surface area contributed by atoms with Crippen molar-refractivity contribution in [3.05, 3.63) is 71.8 Å². The van der Waals surface area contributed by atoms with Crippen LogP contribution in [0.1, 0.15) is 29.9 Å². The van der Waals surface area contributed by atoms with Crippen molar-refractivity contribution in [3.63, 3.8) is 0 Å². The Morgan fingerprint density at radius 1 is 1.12 bits per heavy atom. The maximum absolute atomic E-state index is 11.7. The topological polar surface area (TPSA) is 41.6 Å². The molecule has 1 heterocycles. The molecule has 2 atom stereocenters. The Morgan fingerprint density at radius 3 is 2.46 bits per heavy atom. The standard InChI is InChI=1S/C20H24N2O2/c1-24-20(23)21-22-13-12-18(17-10-6-3-7-11-17)15-19(22)14-16-8-4-2-5-9-16/h2-11,18-19H,12-15H2,1H3,(H,21,23). The lowest BCUT2D eigenvalue weighted by atomic mass is 9.84. The number of nitrogens with one attached hydrogen (secondary N) is 1. The molecule has 1 N–H and O–H groups in total. The van der Waals surface area contributed by atoms with Gasteiger partial charge in [0.25, 0.3) is 0 Å². The number of hydrazine groups is 1. The maximum Gasteiger partial charge on any atom is 0.421 e. The number of methoxy groups -OCH3 is 1. The minimum Gasteiger partial charge on any atom is -0.452 e. The van der Waals surface area contributed by atoms with E-state index < -0.39 is 6.09 Å². The van der Waals surface area contributed by atoms with Crippen molar-refractivity contribution in [3.8, 4) is 0 Å². The lowest BCUT2D eigenvalue weighted by Gasteiger charge is -2.39. The summed E-state index contributed by atoms with van der Waals surface area (Å²) in [4.78, 5) is 11.7. The molecule has 1 aliphatic heterocycles. The molecule has 0 aromatic heterocycles. The number of ether oxygens (including phenoxy) is 1. The zero-order valence-corrected chi connectivity index (χ0v) is 14.0. The molecule has 0 saturated carbocycles. The summed E-state index contributed by atoms with van der Waals surface area (Å²) in [5, 5.41) is 2.04. The second-order valence-electron chi connectivity index (χ2n) is 6.27. The van der Waals surface area contributed by atoms with Crippen LogP contribution in [-0.4, -0.2) is 30.8 Å². The predicted octanol–water partition coefficient (Wildman–Crippen LogP) is 3.75. The molecule has 0 radical (unpaired) electrons. The Morgan fingerprint density at radius 2 is 1.79 bits per heavy atom. The Hall–Kier alpha value is -2.33. The molecule has 1 fully saturated rings. The number of rotatable bonds is 4. The van der Waals surface area contributed by atoms with Gasteiger partial charge in [-0.15, -0.1) is 0 Å². The Balaban J connectivity index is 1.75. The van der Waals surface area contributed by atoms with Crippen LogP contribution in [0.15, 0.2) is 60.7 Å². The van der Waals surface area contributed by atoms with Crippen LogP contribution >= 0.6 is 0 Å². The highest BCUT2D eigenvalue weighted by atomic mass is 16.5. The summed E-state index contributed by atoms with van der Waals surface area (Å²) < 4.78 is 4.77. The van der Waals surface area contributed by atoms with Crippen molar-refractivity contribution >= 4 is 6.09 Å². The van der Waals surface area contributed by atoms with Crippen molar-refractivity contribution in [2.24, 2.45) is 0 Å². The Kier molecular flexibility index (Phi) is 5.49. The average molecular weight is 324 g/mol. The molecule has 2 unspecified atom stereocenters. The lowest BCUT2D eigenvalue weighted by molar-refractivity contribution is 0.0644. The molecule has 4 nitrogen and oxygen atoms in total. The van der Waals surface area contributed by atoms with Gasteiger partial charge in [0.1, 0.15) is 0 Å². The normalized spacial score (nSPS) is 21.2. The van der Waals surface area contributed by atoms with Crippen LogP contribution in [0.2, 0.25) is 0 Å². The van der Waals surface area contributed by atoms with E-state index >= 15 is 0 Å². The molecule has 0 spiro atoms. The number of hydrogen-bond acceptors (Lipinski definition) is 3. The van der Waals surface area contributed by atoms with Gasteiger partial charge in [-0.1, -0.05) is 60.7 Å². The van der Waals surface area contributed by atoms with Crippen LogP contribution in [0, 0.1) is 0 Å². The van der Waals surface area contributed by atoms with E-state index in [0.717, 1.165) is 25.8 Å². The van der Waals surface area contributed by atoms with E-state index in [1.165, 1.54) is 18.2 Å². The summed E-state index contributed by atoms with van der Waals surface area (Å²) in [6, 6.07) is 21.3. The van der Waals surface area contributed by atoms with Gasteiger partial charge in [0.15, 0.2) is 0 Å². The molecular formula is C20H24N2O2. The molecule has 1 aliphatic rings. The third kappa shape index (κ3) is 4.15. The van der Waals surface area contributed by atoms with E-state index in [4.69, 9.17) is 4.74 Å². The fourth-order valence-corrected chi connectivity index (χ4v) is 3.47. The van der Waals surface area contributed by atoms with Crippen LogP contribution in [-0.2, 0) is 11.2 Å². The highest BCUT2D eigenvalue weighted by Gasteiger charge is 2.30. The summed E-state index contributed by atoms with van der Waals surface area (Å²) in [7, 11) is 1.40. The maximum atomic E-state index is 11.7. The first-order valence-electron chi connectivity index (χ1n) is 8.46. The summed E-state index contributed by atoms with van der Waals surface area (Å²) in [5.74, 6) is 0.524. The summed E-state index contributed by atoms with van der Waals surface area (Å²) in [6.45, 7) is 0.826. The number of carbonyl (C=O) groups excluding carboxylic acids is 1. The fraction of sp³-hybridized carbons (Fsp3) is 0.350. The minimum absolute atomic E-state index is 0.255. The van der Waals surface area contributed by atoms with E-state index in [2.05, 4.69) is 60.0 Å². The summed E-state index contributed by atoms with van der Waals surface area (Å²) in [6.07, 6.45) is 2.56. The fourth-order valence-electron chi connectivity index (χ4n) is 3.47. The van der Waals surface area contributed by atoms with Crippen LogP contribution in [0.4, 0.5) is 4.79 Å². The van der Waals surface area contributed by atoms with Crippen molar-refractivity contribution in [1.29, 1.82) is 0 Å². The van der Waals surface area contributed by atoms with Gasteiger partial charge in [-0.3, -0.25) is 5.43 Å². The molecule has 0 bridgehead atoms. The zero-order valence-electron chi connectivity index (χ0n) is 14.0. The molecule has 1 saturated heterocycles. The van der Waals surface area contributed by atoms with Crippen LogP contribution in [0.25, 0.3) is 0 Å². The van der Waals surface area contributed by atoms with Crippen LogP contribution in [0.3, 0.4) is 0 Å². The first-order valence-corrected chi connectivity index (χ1v) is 8.46. The van der Waals surface area contributed by atoms with Crippen molar-refractivity contribution < 1.29 is 9.53 Å². The highest BCUT2D eigenvalue weighted by molar-refractivity contribution is 5.66. The SMILES string of the molecule is COC(=O)NN1CCC(c2ccccc2)CC1Cc1ccccc1. The minimum atomic E-state index is -0.397. The first-order chi connectivity index (χ1) is 11.8. The molecule has 126 valence electrons. The Bertz CT molecular complexity index is 645. The van der Waals surface area contributed by atoms with E-state index in [0.29, 0.717) is 5.92 Å². The number of nitrogens with zero attached hydrogens (tertiary/aromatic N) is 1. The van der Waals surface area contributed by atoms with Gasteiger partial charge in [-0.05, 0) is 36.3 Å². The predicted molar refractivity (Wildman–Crippen MR) is 94.6 cm³/mol. The second kappa shape index (κ2) is 7.97. The van der Waals surface area contributed by atoms with Gasteiger partial charge in [-0.25, -0.2) is 9.80 Å². The largest absolute Gasteiger partial charge is 0.452 e. The number of piperidine rings is 1. The van der Waals surface area contributed by atoms with E-state index in [1.54, 1.807) is 0 Å². The Labute approximate surface area is 143 Å². The quantitative estimate of drug-likeness (QED) is 0.931. The number of carbonyl (C=O) groups is 1. The van der Waals surface area contributed by atoms with Gasteiger partial charge in [0, 0.05) is 12.6 Å².